The first kappa shape index (κ1) is 19.5. The van der Waals surface area contributed by atoms with E-state index >= 15 is 0 Å². The fourth-order valence-corrected chi connectivity index (χ4v) is 2.31. The SMILES string of the molecule is CCCCCCCOc1ccc(CC[C@@H](O)C(=O)OCC)cc1. The summed E-state index contributed by atoms with van der Waals surface area (Å²) in [5, 5.41) is 9.67. The Morgan fingerprint density at radius 1 is 1.09 bits per heavy atom. The van der Waals surface area contributed by atoms with Gasteiger partial charge in [0.05, 0.1) is 13.2 Å². The quantitative estimate of drug-likeness (QED) is 0.468. The third-order valence-electron chi connectivity index (χ3n) is 3.71. The Balaban J connectivity index is 2.24. The maximum absolute atomic E-state index is 11.3. The van der Waals surface area contributed by atoms with E-state index in [1.165, 1.54) is 25.7 Å². The van der Waals surface area contributed by atoms with E-state index in [0.29, 0.717) is 19.4 Å². The largest absolute Gasteiger partial charge is 0.494 e. The van der Waals surface area contributed by atoms with Crippen LogP contribution in [0.4, 0.5) is 0 Å². The van der Waals surface area contributed by atoms with Gasteiger partial charge in [0.2, 0.25) is 0 Å². The average molecular weight is 322 g/mol. The number of benzene rings is 1. The zero-order valence-corrected chi connectivity index (χ0v) is 14.4. The first-order valence-electron chi connectivity index (χ1n) is 8.73. The molecule has 23 heavy (non-hydrogen) atoms. The molecule has 0 fully saturated rings. The van der Waals surface area contributed by atoms with Crippen LogP contribution in [0.25, 0.3) is 0 Å². The van der Waals surface area contributed by atoms with Gasteiger partial charge in [0, 0.05) is 0 Å². The fraction of sp³-hybridized carbons (Fsp3) is 0.632. The first-order chi connectivity index (χ1) is 11.2. The number of aryl methyl sites for hydroxylation is 1. The van der Waals surface area contributed by atoms with Crippen molar-refractivity contribution < 1.29 is 19.4 Å². The van der Waals surface area contributed by atoms with Gasteiger partial charge in [0.25, 0.3) is 0 Å². The zero-order chi connectivity index (χ0) is 16.9. The van der Waals surface area contributed by atoms with E-state index in [1.54, 1.807) is 6.92 Å². The number of aliphatic hydroxyl groups excluding tert-OH is 1. The standard InChI is InChI=1S/C19H30O4/c1-3-5-6-7-8-15-23-17-12-9-16(10-13-17)11-14-18(20)19(21)22-4-2/h9-10,12-13,18,20H,3-8,11,14-15H2,1-2H3/t18-/m1/s1. The number of hydrogen-bond donors (Lipinski definition) is 1. The molecule has 0 aliphatic heterocycles. The Kier molecular flexibility index (Phi) is 10.1. The zero-order valence-electron chi connectivity index (χ0n) is 14.4. The summed E-state index contributed by atoms with van der Waals surface area (Å²) in [6.45, 7) is 4.99. The van der Waals surface area contributed by atoms with Gasteiger partial charge in [-0.05, 0) is 43.9 Å². The van der Waals surface area contributed by atoms with Crippen LogP contribution < -0.4 is 4.74 Å². The van der Waals surface area contributed by atoms with Crippen LogP contribution in [0, 0.1) is 0 Å². The van der Waals surface area contributed by atoms with Gasteiger partial charge in [-0.25, -0.2) is 4.79 Å². The summed E-state index contributed by atoms with van der Waals surface area (Å²) < 4.78 is 10.5. The van der Waals surface area contributed by atoms with E-state index in [4.69, 9.17) is 9.47 Å². The number of ether oxygens (including phenoxy) is 2. The predicted molar refractivity (Wildman–Crippen MR) is 91.7 cm³/mol. The van der Waals surface area contributed by atoms with Crippen LogP contribution in [0.2, 0.25) is 0 Å². The molecule has 130 valence electrons. The number of esters is 1. The molecule has 0 saturated heterocycles. The Bertz CT molecular complexity index is 428. The summed E-state index contributed by atoms with van der Waals surface area (Å²) in [6, 6.07) is 7.84. The maximum Gasteiger partial charge on any atom is 0.334 e. The highest BCUT2D eigenvalue weighted by molar-refractivity contribution is 5.74. The third-order valence-corrected chi connectivity index (χ3v) is 3.71. The molecule has 0 aromatic heterocycles. The van der Waals surface area contributed by atoms with Crippen molar-refractivity contribution in [1.29, 1.82) is 0 Å². The van der Waals surface area contributed by atoms with E-state index in [1.807, 2.05) is 24.3 Å². The van der Waals surface area contributed by atoms with Crippen molar-refractivity contribution in [2.75, 3.05) is 13.2 Å². The van der Waals surface area contributed by atoms with Gasteiger partial charge in [-0.15, -0.1) is 0 Å². The van der Waals surface area contributed by atoms with E-state index < -0.39 is 12.1 Å². The van der Waals surface area contributed by atoms with Crippen LogP contribution in [0.5, 0.6) is 5.75 Å². The highest BCUT2D eigenvalue weighted by Gasteiger charge is 2.15. The number of rotatable bonds is 12. The molecule has 0 aliphatic rings. The van der Waals surface area contributed by atoms with Crippen LogP contribution in [0.1, 0.15) is 57.9 Å². The second-order valence-electron chi connectivity index (χ2n) is 5.71. The van der Waals surface area contributed by atoms with Crippen LogP contribution in [0.3, 0.4) is 0 Å². The van der Waals surface area contributed by atoms with Gasteiger partial charge in [-0.1, -0.05) is 44.7 Å². The van der Waals surface area contributed by atoms with Crippen molar-refractivity contribution in [3.8, 4) is 5.75 Å². The molecule has 0 radical (unpaired) electrons. The Hall–Kier alpha value is -1.55. The van der Waals surface area contributed by atoms with Gasteiger partial charge in [0.1, 0.15) is 5.75 Å². The Morgan fingerprint density at radius 2 is 1.78 bits per heavy atom. The van der Waals surface area contributed by atoms with Gasteiger partial charge in [-0.2, -0.15) is 0 Å². The summed E-state index contributed by atoms with van der Waals surface area (Å²) in [6.07, 6.45) is 6.11. The van der Waals surface area contributed by atoms with E-state index in [0.717, 1.165) is 24.3 Å². The van der Waals surface area contributed by atoms with Gasteiger partial charge in [0.15, 0.2) is 6.10 Å². The van der Waals surface area contributed by atoms with Crippen molar-refractivity contribution in [3.05, 3.63) is 29.8 Å². The molecule has 1 atom stereocenters. The third kappa shape index (κ3) is 8.60. The second kappa shape index (κ2) is 11.9. The lowest BCUT2D eigenvalue weighted by Crippen LogP contribution is -2.23. The number of aliphatic hydroxyl groups is 1. The van der Waals surface area contributed by atoms with Crippen molar-refractivity contribution in [2.24, 2.45) is 0 Å². The monoisotopic (exact) mass is 322 g/mol. The van der Waals surface area contributed by atoms with E-state index in [9.17, 15) is 9.90 Å². The Labute approximate surface area is 139 Å². The minimum Gasteiger partial charge on any atom is -0.494 e. The molecule has 1 aromatic rings. The second-order valence-corrected chi connectivity index (χ2v) is 5.71. The molecular formula is C19H30O4. The van der Waals surface area contributed by atoms with Gasteiger partial charge in [-0.3, -0.25) is 0 Å². The summed E-state index contributed by atoms with van der Waals surface area (Å²) in [4.78, 5) is 11.3. The van der Waals surface area contributed by atoms with Crippen molar-refractivity contribution >= 4 is 5.97 Å². The molecule has 0 unspecified atom stereocenters. The molecule has 0 saturated carbocycles. The predicted octanol–water partition coefficient (Wildman–Crippen LogP) is 3.89. The van der Waals surface area contributed by atoms with Crippen molar-refractivity contribution in [2.45, 2.75) is 64.9 Å². The van der Waals surface area contributed by atoms with E-state index in [-0.39, 0.29) is 0 Å². The van der Waals surface area contributed by atoms with Crippen LogP contribution >= 0.6 is 0 Å². The molecule has 0 heterocycles. The first-order valence-corrected chi connectivity index (χ1v) is 8.73. The summed E-state index contributed by atoms with van der Waals surface area (Å²) in [5.74, 6) is 0.325. The number of unbranched alkanes of at least 4 members (excludes halogenated alkanes) is 4. The van der Waals surface area contributed by atoms with Crippen LogP contribution in [-0.4, -0.2) is 30.4 Å². The van der Waals surface area contributed by atoms with Gasteiger partial charge < -0.3 is 14.6 Å². The number of carbonyl (C=O) groups is 1. The molecule has 1 N–H and O–H groups in total. The smallest absolute Gasteiger partial charge is 0.334 e. The summed E-state index contributed by atoms with van der Waals surface area (Å²) in [7, 11) is 0. The topological polar surface area (TPSA) is 55.8 Å². The number of hydrogen-bond acceptors (Lipinski definition) is 4. The molecule has 1 aromatic carbocycles. The molecule has 1 rings (SSSR count). The fourth-order valence-electron chi connectivity index (χ4n) is 2.31. The normalized spacial score (nSPS) is 12.0. The molecule has 0 bridgehead atoms. The lowest BCUT2D eigenvalue weighted by Gasteiger charge is -2.10. The van der Waals surface area contributed by atoms with Crippen LogP contribution in [-0.2, 0) is 16.0 Å². The lowest BCUT2D eigenvalue weighted by molar-refractivity contribution is -0.153. The highest BCUT2D eigenvalue weighted by atomic mass is 16.5. The van der Waals surface area contributed by atoms with Gasteiger partial charge >= 0.3 is 5.97 Å². The molecule has 0 spiro atoms. The molecule has 4 heteroatoms. The van der Waals surface area contributed by atoms with Crippen LogP contribution in [0.15, 0.2) is 24.3 Å². The maximum atomic E-state index is 11.3. The summed E-state index contributed by atoms with van der Waals surface area (Å²) >= 11 is 0. The molecule has 4 nitrogen and oxygen atoms in total. The average Bonchev–Trinajstić information content (AvgIpc) is 2.57. The highest BCUT2D eigenvalue weighted by Crippen LogP contribution is 2.15. The Morgan fingerprint density at radius 3 is 2.43 bits per heavy atom. The summed E-state index contributed by atoms with van der Waals surface area (Å²) in [5.41, 5.74) is 1.07. The minimum absolute atomic E-state index is 0.292. The van der Waals surface area contributed by atoms with E-state index in [2.05, 4.69) is 6.92 Å². The number of carbonyl (C=O) groups excluding carboxylic acids is 1. The lowest BCUT2D eigenvalue weighted by atomic mass is 10.1. The molecule has 0 aliphatic carbocycles. The van der Waals surface area contributed by atoms with Crippen molar-refractivity contribution in [1.82, 2.24) is 0 Å². The molecule has 0 amide bonds. The van der Waals surface area contributed by atoms with Crippen molar-refractivity contribution in [3.63, 3.8) is 0 Å². The molecular weight excluding hydrogens is 292 g/mol. The minimum atomic E-state index is -1.05.